The maximum Gasteiger partial charge on any atom is 0.339 e. The first-order valence-corrected chi connectivity index (χ1v) is 5.87. The molecule has 1 N–H and O–H groups in total. The number of halogens is 1. The van der Waals surface area contributed by atoms with Crippen LogP contribution in [0.2, 0.25) is 0 Å². The molecule has 0 radical (unpaired) electrons. The standard InChI is InChI=1S/C14H10FNO5/c15-10-5-6-11(14(17)18)13(7-10)21-8-9-3-1-2-4-12(9)16(19)20/h1-7H,8H2,(H,17,18). The highest BCUT2D eigenvalue weighted by atomic mass is 19.1. The number of carboxylic acid groups (broad SMARTS) is 1. The van der Waals surface area contributed by atoms with E-state index in [0.29, 0.717) is 0 Å². The average molecular weight is 291 g/mol. The number of carboxylic acids is 1. The Morgan fingerprint density at radius 3 is 2.67 bits per heavy atom. The summed E-state index contributed by atoms with van der Waals surface area (Å²) in [6.07, 6.45) is 0. The summed E-state index contributed by atoms with van der Waals surface area (Å²) in [6, 6.07) is 8.90. The number of carbonyl (C=O) groups is 1. The van der Waals surface area contributed by atoms with E-state index in [4.69, 9.17) is 9.84 Å². The Kier molecular flexibility index (Phi) is 4.13. The van der Waals surface area contributed by atoms with Crippen LogP contribution in [0.3, 0.4) is 0 Å². The smallest absolute Gasteiger partial charge is 0.339 e. The van der Waals surface area contributed by atoms with Crippen LogP contribution in [0.5, 0.6) is 5.75 Å². The molecule has 0 aliphatic carbocycles. The second-order valence-electron chi connectivity index (χ2n) is 4.12. The first-order chi connectivity index (χ1) is 9.99. The zero-order valence-corrected chi connectivity index (χ0v) is 10.7. The minimum absolute atomic E-state index is 0.147. The van der Waals surface area contributed by atoms with Gasteiger partial charge < -0.3 is 9.84 Å². The van der Waals surface area contributed by atoms with Gasteiger partial charge in [-0.3, -0.25) is 10.1 Å². The minimum atomic E-state index is -1.27. The number of nitro groups is 1. The van der Waals surface area contributed by atoms with Crippen LogP contribution in [0, 0.1) is 15.9 Å². The Morgan fingerprint density at radius 2 is 2.00 bits per heavy atom. The summed E-state index contributed by atoms with van der Waals surface area (Å²) < 4.78 is 18.4. The van der Waals surface area contributed by atoms with Crippen molar-refractivity contribution in [3.63, 3.8) is 0 Å². The molecule has 0 aromatic heterocycles. The maximum absolute atomic E-state index is 13.2. The molecule has 2 aromatic carbocycles. The third-order valence-electron chi connectivity index (χ3n) is 2.75. The number of aromatic carboxylic acids is 1. The van der Waals surface area contributed by atoms with Crippen molar-refractivity contribution in [3.8, 4) is 5.75 Å². The predicted octanol–water partition coefficient (Wildman–Crippen LogP) is 3.01. The molecule has 2 rings (SSSR count). The normalized spacial score (nSPS) is 10.1. The van der Waals surface area contributed by atoms with Crippen molar-refractivity contribution in [1.82, 2.24) is 0 Å². The van der Waals surface area contributed by atoms with E-state index in [1.165, 1.54) is 18.2 Å². The molecule has 0 amide bonds. The molecule has 0 saturated heterocycles. The number of rotatable bonds is 5. The molecule has 108 valence electrons. The molecule has 7 heteroatoms. The topological polar surface area (TPSA) is 89.7 Å². The number of hydrogen-bond donors (Lipinski definition) is 1. The monoisotopic (exact) mass is 291 g/mol. The van der Waals surface area contributed by atoms with Gasteiger partial charge >= 0.3 is 5.97 Å². The molecule has 0 saturated carbocycles. The third kappa shape index (κ3) is 3.33. The van der Waals surface area contributed by atoms with Crippen molar-refractivity contribution in [1.29, 1.82) is 0 Å². The lowest BCUT2D eigenvalue weighted by Gasteiger charge is -2.09. The minimum Gasteiger partial charge on any atom is -0.488 e. The van der Waals surface area contributed by atoms with E-state index in [-0.39, 0.29) is 29.2 Å². The summed E-state index contributed by atoms with van der Waals surface area (Å²) >= 11 is 0. The van der Waals surface area contributed by atoms with Gasteiger partial charge in [-0.25, -0.2) is 9.18 Å². The van der Waals surface area contributed by atoms with Crippen molar-refractivity contribution in [2.24, 2.45) is 0 Å². The molecule has 6 nitrogen and oxygen atoms in total. The van der Waals surface area contributed by atoms with E-state index in [9.17, 15) is 19.3 Å². The fourth-order valence-electron chi connectivity index (χ4n) is 1.76. The van der Waals surface area contributed by atoms with Gasteiger partial charge in [0.15, 0.2) is 0 Å². The van der Waals surface area contributed by atoms with Crippen LogP contribution in [0.15, 0.2) is 42.5 Å². The van der Waals surface area contributed by atoms with Crippen LogP contribution in [-0.4, -0.2) is 16.0 Å². The third-order valence-corrected chi connectivity index (χ3v) is 2.75. The van der Waals surface area contributed by atoms with E-state index < -0.39 is 16.7 Å². The largest absolute Gasteiger partial charge is 0.488 e. The molecule has 0 atom stereocenters. The summed E-state index contributed by atoms with van der Waals surface area (Å²) in [5.41, 5.74) is -0.0936. The van der Waals surface area contributed by atoms with Gasteiger partial charge in [0, 0.05) is 12.1 Å². The lowest BCUT2D eigenvalue weighted by atomic mass is 10.2. The van der Waals surface area contributed by atoms with Gasteiger partial charge in [-0.1, -0.05) is 12.1 Å². The summed E-state index contributed by atoms with van der Waals surface area (Å²) in [5.74, 6) is -2.11. The molecular formula is C14H10FNO5. The predicted molar refractivity (Wildman–Crippen MR) is 70.8 cm³/mol. The molecule has 0 bridgehead atoms. The van der Waals surface area contributed by atoms with Crippen LogP contribution in [-0.2, 0) is 6.61 Å². The Labute approximate surface area is 118 Å². The first-order valence-electron chi connectivity index (χ1n) is 5.87. The molecule has 0 heterocycles. The summed E-state index contributed by atoms with van der Waals surface area (Å²) in [5, 5.41) is 19.8. The van der Waals surface area contributed by atoms with E-state index >= 15 is 0 Å². The van der Waals surface area contributed by atoms with Crippen LogP contribution in [0.4, 0.5) is 10.1 Å². The lowest BCUT2D eigenvalue weighted by molar-refractivity contribution is -0.385. The van der Waals surface area contributed by atoms with Crippen molar-refractivity contribution >= 4 is 11.7 Å². The second-order valence-corrected chi connectivity index (χ2v) is 4.12. The van der Waals surface area contributed by atoms with Crippen molar-refractivity contribution in [3.05, 3.63) is 69.5 Å². The van der Waals surface area contributed by atoms with Crippen molar-refractivity contribution in [2.75, 3.05) is 0 Å². The quantitative estimate of drug-likeness (QED) is 0.675. The van der Waals surface area contributed by atoms with Crippen molar-refractivity contribution in [2.45, 2.75) is 6.61 Å². The molecule has 2 aromatic rings. The molecule has 0 aliphatic heterocycles. The first kappa shape index (κ1) is 14.4. The van der Waals surface area contributed by atoms with Gasteiger partial charge in [0.1, 0.15) is 23.7 Å². The molecule has 21 heavy (non-hydrogen) atoms. The number of benzene rings is 2. The van der Waals surface area contributed by atoms with Crippen LogP contribution < -0.4 is 4.74 Å². The van der Waals surface area contributed by atoms with E-state index in [1.807, 2.05) is 0 Å². The maximum atomic E-state index is 13.2. The highest BCUT2D eigenvalue weighted by molar-refractivity contribution is 5.90. The Balaban J connectivity index is 2.27. The van der Waals surface area contributed by atoms with Gasteiger partial charge in [0.05, 0.1) is 10.5 Å². The number of para-hydroxylation sites is 1. The number of ether oxygens (including phenoxy) is 1. The van der Waals surface area contributed by atoms with Gasteiger partial charge in [-0.2, -0.15) is 0 Å². The average Bonchev–Trinajstić information content (AvgIpc) is 2.45. The highest BCUT2D eigenvalue weighted by Gasteiger charge is 2.16. The Bertz CT molecular complexity index is 702. The number of nitro benzene ring substituents is 1. The molecule has 0 aliphatic rings. The Hall–Kier alpha value is -2.96. The summed E-state index contributed by atoms with van der Waals surface area (Å²) in [4.78, 5) is 21.3. The van der Waals surface area contributed by atoms with Gasteiger partial charge in [-0.05, 0) is 18.2 Å². The zero-order chi connectivity index (χ0) is 15.4. The van der Waals surface area contributed by atoms with Crippen LogP contribution >= 0.6 is 0 Å². The van der Waals surface area contributed by atoms with E-state index in [0.717, 1.165) is 18.2 Å². The molecular weight excluding hydrogens is 281 g/mol. The summed E-state index contributed by atoms with van der Waals surface area (Å²) in [7, 11) is 0. The number of hydrogen-bond acceptors (Lipinski definition) is 4. The van der Waals surface area contributed by atoms with E-state index in [1.54, 1.807) is 6.07 Å². The zero-order valence-electron chi connectivity index (χ0n) is 10.7. The Morgan fingerprint density at radius 1 is 1.29 bits per heavy atom. The van der Waals surface area contributed by atoms with Gasteiger partial charge in [0.2, 0.25) is 0 Å². The highest BCUT2D eigenvalue weighted by Crippen LogP contribution is 2.24. The van der Waals surface area contributed by atoms with Gasteiger partial charge in [0.25, 0.3) is 5.69 Å². The SMILES string of the molecule is O=C(O)c1ccc(F)cc1OCc1ccccc1[N+](=O)[O-]. The lowest BCUT2D eigenvalue weighted by Crippen LogP contribution is -2.05. The fourth-order valence-corrected chi connectivity index (χ4v) is 1.76. The molecule has 0 unspecified atom stereocenters. The molecule has 0 fully saturated rings. The van der Waals surface area contributed by atoms with E-state index in [2.05, 4.69) is 0 Å². The van der Waals surface area contributed by atoms with Crippen molar-refractivity contribution < 1.29 is 24.0 Å². The van der Waals surface area contributed by atoms with Crippen LogP contribution in [0.1, 0.15) is 15.9 Å². The summed E-state index contributed by atoms with van der Waals surface area (Å²) in [6.45, 7) is -0.235. The fraction of sp³-hybridized carbons (Fsp3) is 0.0714. The second kappa shape index (κ2) is 6.00. The van der Waals surface area contributed by atoms with Crippen LogP contribution in [0.25, 0.3) is 0 Å². The number of nitrogens with zero attached hydrogens (tertiary/aromatic N) is 1. The molecule has 0 spiro atoms. The van der Waals surface area contributed by atoms with Gasteiger partial charge in [-0.15, -0.1) is 0 Å².